The Morgan fingerprint density at radius 1 is 1.22 bits per heavy atom. The van der Waals surface area contributed by atoms with Gasteiger partial charge < -0.3 is 4.74 Å². The topological polar surface area (TPSA) is 33.0 Å². The van der Waals surface area contributed by atoms with Crippen molar-refractivity contribution >= 4 is 15.9 Å². The lowest BCUT2D eigenvalue weighted by molar-refractivity contribution is 0.303. The normalized spacial score (nSPS) is 9.83. The van der Waals surface area contributed by atoms with E-state index in [1.54, 1.807) is 12.1 Å². The van der Waals surface area contributed by atoms with Crippen LogP contribution in [0.1, 0.15) is 11.1 Å². The van der Waals surface area contributed by atoms with Gasteiger partial charge in [0.05, 0.1) is 0 Å². The molecule has 0 aliphatic carbocycles. The minimum absolute atomic E-state index is 0.0749. The van der Waals surface area contributed by atoms with Gasteiger partial charge in [0.15, 0.2) is 0 Å². The summed E-state index contributed by atoms with van der Waals surface area (Å²) in [6.45, 7) is 0.297. The first kappa shape index (κ1) is 12.6. The van der Waals surface area contributed by atoms with Crippen LogP contribution in [0, 0.1) is 17.1 Å². The molecular formula is C14H9BrFNO. The largest absolute Gasteiger partial charge is 0.487 e. The van der Waals surface area contributed by atoms with Crippen molar-refractivity contribution in [3.63, 3.8) is 0 Å². The predicted octanol–water partition coefficient (Wildman–Crippen LogP) is 4.04. The van der Waals surface area contributed by atoms with Gasteiger partial charge in [-0.3, -0.25) is 0 Å². The van der Waals surface area contributed by atoms with Gasteiger partial charge in [-0.15, -0.1) is 0 Å². The quantitative estimate of drug-likeness (QED) is 0.857. The zero-order valence-corrected chi connectivity index (χ0v) is 10.9. The molecule has 0 aliphatic rings. The summed E-state index contributed by atoms with van der Waals surface area (Å²) in [6.07, 6.45) is 0. The Morgan fingerprint density at radius 2 is 1.94 bits per heavy atom. The molecule has 2 nitrogen and oxygen atoms in total. The van der Waals surface area contributed by atoms with Crippen molar-refractivity contribution in [2.75, 3.05) is 0 Å². The van der Waals surface area contributed by atoms with Crippen molar-refractivity contribution in [3.05, 3.63) is 63.9 Å². The first-order valence-electron chi connectivity index (χ1n) is 5.26. The van der Waals surface area contributed by atoms with Crippen LogP contribution in [0.4, 0.5) is 4.39 Å². The third-order valence-corrected chi connectivity index (χ3v) is 2.83. The molecule has 0 radical (unpaired) electrons. The number of hydrogen-bond acceptors (Lipinski definition) is 2. The van der Waals surface area contributed by atoms with Crippen LogP contribution in [-0.2, 0) is 6.61 Å². The number of ether oxygens (including phenoxy) is 1. The summed E-state index contributed by atoms with van der Waals surface area (Å²) < 4.78 is 19.5. The fraction of sp³-hybridized carbons (Fsp3) is 0.0714. The van der Waals surface area contributed by atoms with Gasteiger partial charge in [0, 0.05) is 4.47 Å². The lowest BCUT2D eigenvalue weighted by Gasteiger charge is -2.09. The van der Waals surface area contributed by atoms with Crippen molar-refractivity contribution in [3.8, 4) is 11.8 Å². The van der Waals surface area contributed by atoms with E-state index in [1.165, 1.54) is 6.07 Å². The molecule has 0 saturated carbocycles. The summed E-state index contributed by atoms with van der Waals surface area (Å²) in [7, 11) is 0. The van der Waals surface area contributed by atoms with E-state index in [9.17, 15) is 4.39 Å². The molecule has 90 valence electrons. The molecular weight excluding hydrogens is 297 g/mol. The second kappa shape index (κ2) is 5.65. The van der Waals surface area contributed by atoms with Crippen molar-refractivity contribution in [2.24, 2.45) is 0 Å². The van der Waals surface area contributed by atoms with Gasteiger partial charge in [-0.05, 0) is 17.7 Å². The summed E-state index contributed by atoms with van der Waals surface area (Å²) in [5.41, 5.74) is 0.885. The third-order valence-electron chi connectivity index (χ3n) is 2.37. The van der Waals surface area contributed by atoms with E-state index < -0.39 is 5.82 Å². The molecule has 0 N–H and O–H groups in total. The lowest BCUT2D eigenvalue weighted by Crippen LogP contribution is -1.98. The summed E-state index contributed by atoms with van der Waals surface area (Å²) in [6, 6.07) is 14.1. The molecule has 0 bridgehead atoms. The maximum absolute atomic E-state index is 13.5. The fourth-order valence-electron chi connectivity index (χ4n) is 1.51. The number of nitriles is 1. The van der Waals surface area contributed by atoms with Crippen molar-refractivity contribution in [1.82, 2.24) is 0 Å². The Balaban J connectivity index is 2.22. The molecule has 0 atom stereocenters. The van der Waals surface area contributed by atoms with Crippen LogP contribution >= 0.6 is 15.9 Å². The molecule has 4 heteroatoms. The van der Waals surface area contributed by atoms with Gasteiger partial charge in [-0.25, -0.2) is 4.39 Å². The highest BCUT2D eigenvalue weighted by molar-refractivity contribution is 9.10. The van der Waals surface area contributed by atoms with E-state index >= 15 is 0 Å². The first-order valence-corrected chi connectivity index (χ1v) is 6.06. The molecule has 0 heterocycles. The second-order valence-corrected chi connectivity index (χ2v) is 4.56. The SMILES string of the molecule is N#Cc1c(F)cc(Br)cc1OCc1ccccc1. The number of halogens is 2. The Labute approximate surface area is 113 Å². The van der Waals surface area contributed by atoms with E-state index in [0.29, 0.717) is 11.1 Å². The third kappa shape index (κ3) is 2.88. The minimum atomic E-state index is -0.588. The molecule has 0 amide bonds. The minimum Gasteiger partial charge on any atom is -0.487 e. The van der Waals surface area contributed by atoms with Crippen molar-refractivity contribution in [2.45, 2.75) is 6.61 Å². The van der Waals surface area contributed by atoms with Crippen molar-refractivity contribution in [1.29, 1.82) is 5.26 Å². The number of hydrogen-bond donors (Lipinski definition) is 0. The van der Waals surface area contributed by atoms with E-state index in [-0.39, 0.29) is 11.3 Å². The van der Waals surface area contributed by atoms with Gasteiger partial charge in [0.25, 0.3) is 0 Å². The summed E-state index contributed by atoms with van der Waals surface area (Å²) in [5.74, 6) is -0.344. The van der Waals surface area contributed by atoms with E-state index in [4.69, 9.17) is 10.00 Å². The zero-order chi connectivity index (χ0) is 13.0. The molecule has 0 spiro atoms. The molecule has 2 aromatic rings. The van der Waals surface area contributed by atoms with Crippen LogP contribution in [0.25, 0.3) is 0 Å². The molecule has 18 heavy (non-hydrogen) atoms. The highest BCUT2D eigenvalue weighted by atomic mass is 79.9. The molecule has 0 aliphatic heterocycles. The Morgan fingerprint density at radius 3 is 2.61 bits per heavy atom. The van der Waals surface area contributed by atoms with Crippen LogP contribution < -0.4 is 4.74 Å². The average molecular weight is 306 g/mol. The maximum Gasteiger partial charge on any atom is 0.145 e. The molecule has 0 saturated heterocycles. The molecule has 2 aromatic carbocycles. The van der Waals surface area contributed by atoms with E-state index in [2.05, 4.69) is 15.9 Å². The van der Waals surface area contributed by atoms with Crippen LogP contribution in [0.5, 0.6) is 5.75 Å². The number of nitrogens with zero attached hydrogens (tertiary/aromatic N) is 1. The first-order chi connectivity index (χ1) is 8.70. The van der Waals surface area contributed by atoms with Crippen LogP contribution in [0.15, 0.2) is 46.9 Å². The van der Waals surface area contributed by atoms with Crippen LogP contribution in [0.3, 0.4) is 0 Å². The van der Waals surface area contributed by atoms with Crippen LogP contribution in [-0.4, -0.2) is 0 Å². The standard InChI is InChI=1S/C14H9BrFNO/c15-11-6-13(16)12(8-17)14(7-11)18-9-10-4-2-1-3-5-10/h1-7H,9H2. The van der Waals surface area contributed by atoms with Gasteiger partial charge in [0.2, 0.25) is 0 Å². The van der Waals surface area contributed by atoms with E-state index in [1.807, 2.05) is 30.3 Å². The summed E-state index contributed by atoms with van der Waals surface area (Å²) in [5, 5.41) is 8.90. The molecule has 0 unspecified atom stereocenters. The number of rotatable bonds is 3. The van der Waals surface area contributed by atoms with Gasteiger partial charge in [-0.2, -0.15) is 5.26 Å². The fourth-order valence-corrected chi connectivity index (χ4v) is 1.92. The Hall–Kier alpha value is -1.86. The highest BCUT2D eigenvalue weighted by Crippen LogP contribution is 2.26. The van der Waals surface area contributed by atoms with Gasteiger partial charge >= 0.3 is 0 Å². The smallest absolute Gasteiger partial charge is 0.145 e. The van der Waals surface area contributed by atoms with Crippen molar-refractivity contribution < 1.29 is 9.13 Å². The molecule has 0 fully saturated rings. The zero-order valence-electron chi connectivity index (χ0n) is 9.36. The highest BCUT2D eigenvalue weighted by Gasteiger charge is 2.11. The monoisotopic (exact) mass is 305 g/mol. The van der Waals surface area contributed by atoms with E-state index in [0.717, 1.165) is 5.56 Å². The van der Waals surface area contributed by atoms with Gasteiger partial charge in [-0.1, -0.05) is 46.3 Å². The number of benzene rings is 2. The maximum atomic E-state index is 13.5. The lowest BCUT2D eigenvalue weighted by atomic mass is 10.2. The summed E-state index contributed by atoms with van der Waals surface area (Å²) in [4.78, 5) is 0. The van der Waals surface area contributed by atoms with Crippen LogP contribution in [0.2, 0.25) is 0 Å². The second-order valence-electron chi connectivity index (χ2n) is 3.65. The Kier molecular flexibility index (Phi) is 3.96. The molecule has 0 aromatic heterocycles. The summed E-state index contributed by atoms with van der Waals surface area (Å²) >= 11 is 3.17. The average Bonchev–Trinajstić information content (AvgIpc) is 2.37. The Bertz CT molecular complexity index is 593. The predicted molar refractivity (Wildman–Crippen MR) is 69.6 cm³/mol. The van der Waals surface area contributed by atoms with Gasteiger partial charge in [0.1, 0.15) is 29.8 Å². The molecule has 2 rings (SSSR count).